The maximum atomic E-state index is 12.3. The Bertz CT molecular complexity index is 452. The topological polar surface area (TPSA) is 87.0 Å². The summed E-state index contributed by atoms with van der Waals surface area (Å²) in [6, 6.07) is 0. The maximum absolute atomic E-state index is 12.3. The lowest BCUT2D eigenvalue weighted by Crippen LogP contribution is -2.53. The first kappa shape index (κ1) is 16.7. The molecule has 8 heteroatoms. The maximum Gasteiger partial charge on any atom is 0.236 e. The first-order valence-corrected chi connectivity index (χ1v) is 9.40. The van der Waals surface area contributed by atoms with Crippen molar-refractivity contribution in [2.45, 2.75) is 12.8 Å². The molecule has 2 aliphatic rings. The molecular formula is C13H26N4O3S. The number of piperazine rings is 1. The van der Waals surface area contributed by atoms with Crippen molar-refractivity contribution >= 4 is 15.9 Å². The van der Waals surface area contributed by atoms with E-state index in [1.807, 2.05) is 0 Å². The number of carbonyl (C=O) groups is 1. The van der Waals surface area contributed by atoms with Crippen LogP contribution in [0.3, 0.4) is 0 Å². The van der Waals surface area contributed by atoms with Crippen LogP contribution in [0.15, 0.2) is 0 Å². The molecule has 122 valence electrons. The average Bonchev–Trinajstić information content (AvgIpc) is 2.47. The zero-order chi connectivity index (χ0) is 15.5. The van der Waals surface area contributed by atoms with Crippen LogP contribution in [0.4, 0.5) is 0 Å². The van der Waals surface area contributed by atoms with Gasteiger partial charge in [0.1, 0.15) is 0 Å². The highest BCUT2D eigenvalue weighted by Gasteiger charge is 2.27. The molecule has 2 heterocycles. The molecule has 2 fully saturated rings. The third kappa shape index (κ3) is 4.64. The van der Waals surface area contributed by atoms with Gasteiger partial charge >= 0.3 is 0 Å². The van der Waals surface area contributed by atoms with Gasteiger partial charge < -0.3 is 10.6 Å². The van der Waals surface area contributed by atoms with Gasteiger partial charge in [-0.25, -0.2) is 8.42 Å². The summed E-state index contributed by atoms with van der Waals surface area (Å²) in [5, 5.41) is 0. The molecule has 2 N–H and O–H groups in total. The van der Waals surface area contributed by atoms with E-state index in [-0.39, 0.29) is 5.91 Å². The van der Waals surface area contributed by atoms with Crippen LogP contribution in [-0.4, -0.2) is 87.0 Å². The number of piperidine rings is 1. The van der Waals surface area contributed by atoms with Crippen LogP contribution in [0.5, 0.6) is 0 Å². The van der Waals surface area contributed by atoms with Crippen LogP contribution in [0.2, 0.25) is 0 Å². The summed E-state index contributed by atoms with van der Waals surface area (Å²) in [7, 11) is -3.14. The first-order valence-electron chi connectivity index (χ1n) is 7.55. The lowest BCUT2D eigenvalue weighted by molar-refractivity contribution is -0.133. The second kappa shape index (κ2) is 7.04. The quantitative estimate of drug-likeness (QED) is 0.701. The van der Waals surface area contributed by atoms with E-state index in [2.05, 4.69) is 4.90 Å². The van der Waals surface area contributed by atoms with Crippen molar-refractivity contribution in [3.05, 3.63) is 0 Å². The summed E-state index contributed by atoms with van der Waals surface area (Å²) < 4.78 is 24.3. The molecule has 0 spiro atoms. The zero-order valence-electron chi connectivity index (χ0n) is 12.7. The second-order valence-corrected chi connectivity index (χ2v) is 7.98. The van der Waals surface area contributed by atoms with Crippen LogP contribution in [-0.2, 0) is 14.8 Å². The summed E-state index contributed by atoms with van der Waals surface area (Å²) in [4.78, 5) is 16.2. The van der Waals surface area contributed by atoms with Crippen molar-refractivity contribution in [2.24, 2.45) is 11.7 Å². The standard InChI is InChI=1S/C13H26N4O3S/c1-21(19,20)17-8-6-16(7-9-17)13(18)11-15-4-2-12(10-14)3-5-15/h12H,2-11,14H2,1H3. The average molecular weight is 318 g/mol. The Balaban J connectivity index is 1.75. The molecule has 0 aromatic carbocycles. The van der Waals surface area contributed by atoms with E-state index >= 15 is 0 Å². The smallest absolute Gasteiger partial charge is 0.236 e. The fourth-order valence-corrected chi connectivity index (χ4v) is 3.77. The number of hydrogen-bond donors (Lipinski definition) is 1. The number of hydrogen-bond acceptors (Lipinski definition) is 5. The number of amides is 1. The molecular weight excluding hydrogens is 292 g/mol. The van der Waals surface area contributed by atoms with Gasteiger partial charge in [-0.15, -0.1) is 0 Å². The molecule has 1 amide bonds. The highest BCUT2D eigenvalue weighted by Crippen LogP contribution is 2.16. The molecule has 2 aliphatic heterocycles. The van der Waals surface area contributed by atoms with Crippen molar-refractivity contribution in [1.82, 2.24) is 14.1 Å². The number of nitrogens with two attached hydrogens (primary N) is 1. The summed E-state index contributed by atoms with van der Waals surface area (Å²) >= 11 is 0. The third-order valence-electron chi connectivity index (χ3n) is 4.46. The summed E-state index contributed by atoms with van der Waals surface area (Å²) in [5.74, 6) is 0.698. The van der Waals surface area contributed by atoms with Crippen molar-refractivity contribution < 1.29 is 13.2 Å². The number of likely N-dealkylation sites (tertiary alicyclic amines) is 1. The minimum Gasteiger partial charge on any atom is -0.339 e. The van der Waals surface area contributed by atoms with Crippen LogP contribution in [0.25, 0.3) is 0 Å². The Morgan fingerprint density at radius 1 is 1.10 bits per heavy atom. The lowest BCUT2D eigenvalue weighted by atomic mass is 9.97. The van der Waals surface area contributed by atoms with Crippen LogP contribution < -0.4 is 5.73 Å². The van der Waals surface area contributed by atoms with Crippen LogP contribution >= 0.6 is 0 Å². The van der Waals surface area contributed by atoms with Gasteiger partial charge in [0.25, 0.3) is 0 Å². The minimum absolute atomic E-state index is 0.106. The lowest BCUT2D eigenvalue weighted by Gasteiger charge is -2.36. The van der Waals surface area contributed by atoms with Gasteiger partial charge in [0, 0.05) is 26.2 Å². The highest BCUT2D eigenvalue weighted by molar-refractivity contribution is 7.88. The molecule has 0 atom stereocenters. The number of carbonyl (C=O) groups excluding carboxylic acids is 1. The molecule has 0 aromatic rings. The summed E-state index contributed by atoms with van der Waals surface area (Å²) in [6.45, 7) is 4.81. The van der Waals surface area contributed by atoms with Gasteiger partial charge in [-0.05, 0) is 38.4 Å². The minimum atomic E-state index is -3.14. The van der Waals surface area contributed by atoms with Gasteiger partial charge in [-0.3, -0.25) is 9.69 Å². The Kier molecular flexibility index (Phi) is 5.59. The van der Waals surface area contributed by atoms with Crippen molar-refractivity contribution in [3.8, 4) is 0 Å². The van der Waals surface area contributed by atoms with Crippen molar-refractivity contribution in [2.75, 3.05) is 58.6 Å². The van der Waals surface area contributed by atoms with Gasteiger partial charge in [0.2, 0.25) is 15.9 Å². The molecule has 2 rings (SSSR count). The van der Waals surface area contributed by atoms with E-state index in [1.54, 1.807) is 4.90 Å². The number of sulfonamides is 1. The fourth-order valence-electron chi connectivity index (χ4n) is 2.94. The largest absolute Gasteiger partial charge is 0.339 e. The second-order valence-electron chi connectivity index (χ2n) is 6.00. The van der Waals surface area contributed by atoms with Crippen LogP contribution in [0, 0.1) is 5.92 Å². The Hall–Kier alpha value is -0.700. The predicted molar refractivity (Wildman–Crippen MR) is 81.2 cm³/mol. The van der Waals surface area contributed by atoms with E-state index in [0.717, 1.165) is 32.5 Å². The number of nitrogens with zero attached hydrogens (tertiary/aromatic N) is 3. The summed E-state index contributed by atoms with van der Waals surface area (Å²) in [5.41, 5.74) is 5.67. The van der Waals surface area contributed by atoms with Crippen molar-refractivity contribution in [1.29, 1.82) is 0 Å². The molecule has 21 heavy (non-hydrogen) atoms. The van der Waals surface area contributed by atoms with Gasteiger partial charge in [0.05, 0.1) is 12.8 Å². The molecule has 0 unspecified atom stereocenters. The van der Waals surface area contributed by atoms with Gasteiger partial charge in [0.15, 0.2) is 0 Å². The normalized spacial score (nSPS) is 23.4. The zero-order valence-corrected chi connectivity index (χ0v) is 13.5. The van der Waals surface area contributed by atoms with E-state index in [9.17, 15) is 13.2 Å². The van der Waals surface area contributed by atoms with Crippen LogP contribution in [0.1, 0.15) is 12.8 Å². The Morgan fingerprint density at radius 3 is 2.14 bits per heavy atom. The molecule has 2 saturated heterocycles. The Morgan fingerprint density at radius 2 is 1.67 bits per heavy atom. The highest BCUT2D eigenvalue weighted by atomic mass is 32.2. The monoisotopic (exact) mass is 318 g/mol. The Labute approximate surface area is 127 Å². The van der Waals surface area contributed by atoms with E-state index in [4.69, 9.17) is 5.73 Å². The third-order valence-corrected chi connectivity index (χ3v) is 5.76. The van der Waals surface area contributed by atoms with E-state index < -0.39 is 10.0 Å². The molecule has 0 radical (unpaired) electrons. The van der Waals surface area contributed by atoms with Gasteiger partial charge in [-0.1, -0.05) is 0 Å². The van der Waals surface area contributed by atoms with E-state index in [1.165, 1.54) is 10.6 Å². The number of rotatable bonds is 4. The molecule has 0 saturated carbocycles. The predicted octanol–water partition coefficient (Wildman–Crippen LogP) is -1.24. The molecule has 0 bridgehead atoms. The fraction of sp³-hybridized carbons (Fsp3) is 0.923. The van der Waals surface area contributed by atoms with E-state index in [0.29, 0.717) is 38.6 Å². The summed E-state index contributed by atoms with van der Waals surface area (Å²) in [6.07, 6.45) is 3.34. The molecule has 0 aliphatic carbocycles. The molecule has 0 aromatic heterocycles. The first-order chi connectivity index (χ1) is 9.90. The van der Waals surface area contributed by atoms with Crippen molar-refractivity contribution in [3.63, 3.8) is 0 Å². The van der Waals surface area contributed by atoms with Gasteiger partial charge in [-0.2, -0.15) is 4.31 Å². The molecule has 7 nitrogen and oxygen atoms in total. The SMILES string of the molecule is CS(=O)(=O)N1CCN(C(=O)CN2CCC(CN)CC2)CC1.